The fourth-order valence-corrected chi connectivity index (χ4v) is 1.73. The van der Waals surface area contributed by atoms with Crippen molar-refractivity contribution in [2.45, 2.75) is 24.6 Å². The summed E-state index contributed by atoms with van der Waals surface area (Å²) in [5.41, 5.74) is -1.12. The molecule has 19 heavy (non-hydrogen) atoms. The van der Waals surface area contributed by atoms with Crippen LogP contribution in [0.25, 0.3) is 0 Å². The fourth-order valence-electron chi connectivity index (χ4n) is 1.73. The van der Waals surface area contributed by atoms with Gasteiger partial charge in [0.25, 0.3) is 5.92 Å². The number of nitrogens with one attached hydrogen (secondary N) is 2. The van der Waals surface area contributed by atoms with E-state index in [1.54, 1.807) is 0 Å². The predicted molar refractivity (Wildman–Crippen MR) is 56.9 cm³/mol. The number of rotatable bonds is 3. The minimum absolute atomic E-state index is 0.0255. The van der Waals surface area contributed by atoms with Gasteiger partial charge < -0.3 is 10.6 Å². The van der Waals surface area contributed by atoms with Gasteiger partial charge in [-0.05, 0) is 0 Å². The predicted octanol–water partition coefficient (Wildman–Crippen LogP) is 1.90. The number of hydrogen-bond acceptors (Lipinski definition) is 4. The largest absolute Gasteiger partial charge is 0.434 e. The Hall–Kier alpha value is -1.51. The van der Waals surface area contributed by atoms with E-state index in [2.05, 4.69) is 20.6 Å². The molecule has 0 spiro atoms. The highest BCUT2D eigenvalue weighted by Crippen LogP contribution is 2.28. The topological polar surface area (TPSA) is 49.8 Å². The number of alkyl halides is 5. The minimum Gasteiger partial charge on any atom is -0.367 e. The number of anilines is 1. The summed E-state index contributed by atoms with van der Waals surface area (Å²) in [6.45, 7) is 0.0745. The molecule has 0 amide bonds. The van der Waals surface area contributed by atoms with Crippen LogP contribution in [0, 0.1) is 0 Å². The summed E-state index contributed by atoms with van der Waals surface area (Å²) in [5.74, 6) is -2.80. The number of nitrogens with zero attached hydrogens (tertiary/aromatic N) is 2. The molecule has 1 aromatic rings. The zero-order valence-electron chi connectivity index (χ0n) is 9.64. The molecule has 0 aromatic carbocycles. The first-order chi connectivity index (χ1) is 8.79. The van der Waals surface area contributed by atoms with E-state index >= 15 is 0 Å². The Balaban J connectivity index is 1.94. The zero-order chi connectivity index (χ0) is 14.1. The number of halogens is 5. The first-order valence-electron chi connectivity index (χ1n) is 5.53. The fraction of sp³-hybridized carbons (Fsp3) is 0.600. The first kappa shape index (κ1) is 13.9. The van der Waals surface area contributed by atoms with Gasteiger partial charge in [0.15, 0.2) is 5.69 Å². The van der Waals surface area contributed by atoms with Gasteiger partial charge in [-0.1, -0.05) is 0 Å². The third kappa shape index (κ3) is 3.28. The molecule has 1 aliphatic rings. The van der Waals surface area contributed by atoms with Crippen molar-refractivity contribution in [1.29, 1.82) is 0 Å². The molecule has 0 bridgehead atoms. The normalized spacial score (nSPS) is 22.5. The standard InChI is InChI=1S/C10H11F5N4/c11-9(12)1-2-16-6(9)3-18-8-5-17-7(4-19-8)10(13,14)15/h4-6,16H,1-3H2,(H,18,19). The molecular weight excluding hydrogens is 271 g/mol. The molecule has 1 aromatic heterocycles. The van der Waals surface area contributed by atoms with Gasteiger partial charge in [-0.25, -0.2) is 18.7 Å². The van der Waals surface area contributed by atoms with Crippen molar-refractivity contribution in [3.05, 3.63) is 18.1 Å². The van der Waals surface area contributed by atoms with E-state index in [1.807, 2.05) is 0 Å². The van der Waals surface area contributed by atoms with Crippen LogP contribution in [0.3, 0.4) is 0 Å². The van der Waals surface area contributed by atoms with Crippen LogP contribution in [0.1, 0.15) is 12.1 Å². The van der Waals surface area contributed by atoms with Crippen LogP contribution in [-0.2, 0) is 6.18 Å². The quantitative estimate of drug-likeness (QED) is 0.831. The summed E-state index contributed by atoms with van der Waals surface area (Å²) in [6, 6.07) is -1.06. The third-order valence-electron chi connectivity index (χ3n) is 2.79. The molecule has 0 radical (unpaired) electrons. The molecule has 2 heterocycles. The third-order valence-corrected chi connectivity index (χ3v) is 2.79. The van der Waals surface area contributed by atoms with Crippen LogP contribution in [-0.4, -0.2) is 35.0 Å². The molecule has 0 saturated carbocycles. The molecule has 1 atom stereocenters. The van der Waals surface area contributed by atoms with Gasteiger partial charge in [0, 0.05) is 19.5 Å². The van der Waals surface area contributed by atoms with Crippen LogP contribution in [0.2, 0.25) is 0 Å². The van der Waals surface area contributed by atoms with E-state index in [0.717, 1.165) is 6.20 Å². The average Bonchev–Trinajstić information content (AvgIpc) is 2.65. The van der Waals surface area contributed by atoms with Gasteiger partial charge in [0.05, 0.1) is 18.4 Å². The molecule has 2 rings (SSSR count). The highest BCUT2D eigenvalue weighted by atomic mass is 19.4. The van der Waals surface area contributed by atoms with Gasteiger partial charge >= 0.3 is 6.18 Å². The maximum absolute atomic E-state index is 13.2. The van der Waals surface area contributed by atoms with Crippen LogP contribution >= 0.6 is 0 Å². The number of aromatic nitrogens is 2. The van der Waals surface area contributed by atoms with Crippen LogP contribution in [0.4, 0.5) is 27.8 Å². The van der Waals surface area contributed by atoms with Crippen molar-refractivity contribution in [1.82, 2.24) is 15.3 Å². The molecule has 9 heteroatoms. The summed E-state index contributed by atoms with van der Waals surface area (Å²) in [4.78, 5) is 6.66. The van der Waals surface area contributed by atoms with Gasteiger partial charge in [0.2, 0.25) is 0 Å². The van der Waals surface area contributed by atoms with Crippen molar-refractivity contribution in [2.75, 3.05) is 18.4 Å². The Bertz CT molecular complexity index is 431. The lowest BCUT2D eigenvalue weighted by Gasteiger charge is -2.19. The van der Waals surface area contributed by atoms with E-state index in [0.29, 0.717) is 6.20 Å². The Morgan fingerprint density at radius 2 is 2.05 bits per heavy atom. The van der Waals surface area contributed by atoms with Crippen LogP contribution in [0.5, 0.6) is 0 Å². The van der Waals surface area contributed by atoms with E-state index in [-0.39, 0.29) is 25.3 Å². The second kappa shape index (κ2) is 4.87. The van der Waals surface area contributed by atoms with Crippen molar-refractivity contribution < 1.29 is 22.0 Å². The van der Waals surface area contributed by atoms with Crippen molar-refractivity contribution in [2.24, 2.45) is 0 Å². The van der Waals surface area contributed by atoms with Crippen LogP contribution in [0.15, 0.2) is 12.4 Å². The summed E-state index contributed by atoms with van der Waals surface area (Å²) in [5, 5.41) is 5.15. The van der Waals surface area contributed by atoms with E-state index < -0.39 is 23.8 Å². The SMILES string of the molecule is FC(F)(F)c1cnc(NCC2NCCC2(F)F)cn1. The van der Waals surface area contributed by atoms with Crippen molar-refractivity contribution in [3.63, 3.8) is 0 Å². The molecule has 1 unspecified atom stereocenters. The van der Waals surface area contributed by atoms with E-state index in [1.165, 1.54) is 0 Å². The van der Waals surface area contributed by atoms with Gasteiger partial charge in [0.1, 0.15) is 5.82 Å². The Morgan fingerprint density at radius 3 is 2.53 bits per heavy atom. The second-order valence-electron chi connectivity index (χ2n) is 4.18. The molecule has 0 aliphatic carbocycles. The maximum Gasteiger partial charge on any atom is 0.434 e. The summed E-state index contributed by atoms with van der Waals surface area (Å²) < 4.78 is 63.2. The van der Waals surface area contributed by atoms with Gasteiger partial charge in [-0.15, -0.1) is 0 Å². The molecule has 106 valence electrons. The Morgan fingerprint density at radius 1 is 1.32 bits per heavy atom. The molecule has 1 fully saturated rings. The smallest absolute Gasteiger partial charge is 0.367 e. The Labute approximate surface area is 105 Å². The minimum atomic E-state index is -4.56. The molecule has 2 N–H and O–H groups in total. The van der Waals surface area contributed by atoms with Gasteiger partial charge in [-0.3, -0.25) is 0 Å². The lowest BCUT2D eigenvalue weighted by Crippen LogP contribution is -2.41. The highest BCUT2D eigenvalue weighted by Gasteiger charge is 2.43. The lowest BCUT2D eigenvalue weighted by atomic mass is 10.1. The van der Waals surface area contributed by atoms with Gasteiger partial charge in [-0.2, -0.15) is 13.2 Å². The summed E-state index contributed by atoms with van der Waals surface area (Å²) >= 11 is 0. The number of hydrogen-bond donors (Lipinski definition) is 2. The zero-order valence-corrected chi connectivity index (χ0v) is 9.64. The molecule has 1 aliphatic heterocycles. The summed E-state index contributed by atoms with van der Waals surface area (Å²) in [7, 11) is 0. The summed E-state index contributed by atoms with van der Waals surface area (Å²) in [6.07, 6.45) is -3.39. The van der Waals surface area contributed by atoms with E-state index in [4.69, 9.17) is 0 Å². The second-order valence-corrected chi connectivity index (χ2v) is 4.18. The maximum atomic E-state index is 13.2. The molecule has 1 saturated heterocycles. The average molecular weight is 282 g/mol. The highest BCUT2D eigenvalue weighted by molar-refractivity contribution is 5.32. The van der Waals surface area contributed by atoms with Crippen LogP contribution < -0.4 is 10.6 Å². The van der Waals surface area contributed by atoms with E-state index in [9.17, 15) is 22.0 Å². The van der Waals surface area contributed by atoms with Crippen molar-refractivity contribution in [3.8, 4) is 0 Å². The molecular formula is C10H11F5N4. The monoisotopic (exact) mass is 282 g/mol. The Kier molecular flexibility index (Phi) is 3.57. The lowest BCUT2D eigenvalue weighted by molar-refractivity contribution is -0.141. The van der Waals surface area contributed by atoms with Crippen molar-refractivity contribution >= 4 is 5.82 Å². The first-order valence-corrected chi connectivity index (χ1v) is 5.53. The molecule has 4 nitrogen and oxygen atoms in total.